The molecule has 0 bridgehead atoms. The van der Waals surface area contributed by atoms with Crippen LogP contribution < -0.4 is 20.7 Å². The maximum atomic E-state index is 14.1. The zero-order valence-electron chi connectivity index (χ0n) is 23.4. The van der Waals surface area contributed by atoms with Crippen molar-refractivity contribution in [3.63, 3.8) is 0 Å². The number of hydrogen-bond acceptors (Lipinski definition) is 5. The van der Waals surface area contributed by atoms with Crippen molar-refractivity contribution in [3.05, 3.63) is 124 Å². The van der Waals surface area contributed by atoms with Gasteiger partial charge in [-0.3, -0.25) is 14.4 Å². The van der Waals surface area contributed by atoms with Crippen LogP contribution in [0.25, 0.3) is 6.08 Å². The summed E-state index contributed by atoms with van der Waals surface area (Å²) in [5.41, 5.74) is 1.77. The Bertz CT molecular complexity index is 1610. The second-order valence-corrected chi connectivity index (χ2v) is 11.6. The fourth-order valence-electron chi connectivity index (χ4n) is 3.83. The second-order valence-electron chi connectivity index (χ2n) is 9.23. The molecule has 0 fully saturated rings. The first-order chi connectivity index (χ1) is 20.7. The quantitative estimate of drug-likeness (QED) is 0.114. The predicted molar refractivity (Wildman–Crippen MR) is 173 cm³/mol. The van der Waals surface area contributed by atoms with Crippen LogP contribution in [0.2, 0.25) is 0 Å². The van der Waals surface area contributed by atoms with Crippen molar-refractivity contribution < 1.29 is 23.5 Å². The standard InChI is InChI=1S/C33H29BrFN3O4S/c1-3-42-26-14-9-22(10-15-26)19-30(38-32(40)23-7-5-4-6-8-23)33(41)36-25-12-16-27(17-13-25)43-21(2)31(39)37-29-18-11-24(34)20-28(29)35/h4-21H,3H2,1-2H3,(H,36,41)(H,37,39)(H,38,40)/b30-19-. The summed E-state index contributed by atoms with van der Waals surface area (Å²) in [4.78, 5) is 39.6. The lowest BCUT2D eigenvalue weighted by Crippen LogP contribution is -2.30. The lowest BCUT2D eigenvalue weighted by Gasteiger charge is -2.14. The Morgan fingerprint density at radius 3 is 2.28 bits per heavy atom. The van der Waals surface area contributed by atoms with E-state index in [2.05, 4.69) is 31.9 Å². The lowest BCUT2D eigenvalue weighted by molar-refractivity contribution is -0.115. The summed E-state index contributed by atoms with van der Waals surface area (Å²) < 4.78 is 20.2. The van der Waals surface area contributed by atoms with Gasteiger partial charge in [0.05, 0.1) is 17.5 Å². The Kier molecular flexibility index (Phi) is 11.1. The van der Waals surface area contributed by atoms with Crippen molar-refractivity contribution in [1.29, 1.82) is 0 Å². The molecular formula is C33H29BrFN3O4S. The van der Waals surface area contributed by atoms with E-state index in [1.165, 1.54) is 23.9 Å². The maximum Gasteiger partial charge on any atom is 0.272 e. The average molecular weight is 663 g/mol. The van der Waals surface area contributed by atoms with E-state index in [9.17, 15) is 18.8 Å². The molecule has 3 N–H and O–H groups in total. The minimum Gasteiger partial charge on any atom is -0.494 e. The van der Waals surface area contributed by atoms with Gasteiger partial charge in [-0.15, -0.1) is 11.8 Å². The van der Waals surface area contributed by atoms with Gasteiger partial charge in [-0.2, -0.15) is 0 Å². The van der Waals surface area contributed by atoms with Crippen LogP contribution >= 0.6 is 27.7 Å². The molecule has 0 aromatic heterocycles. The van der Waals surface area contributed by atoms with Crippen molar-refractivity contribution in [3.8, 4) is 5.75 Å². The van der Waals surface area contributed by atoms with E-state index >= 15 is 0 Å². The SMILES string of the molecule is CCOc1ccc(/C=C(\NC(=O)c2ccccc2)C(=O)Nc2ccc(SC(C)C(=O)Nc3ccc(Br)cc3F)cc2)cc1. The molecule has 4 aromatic rings. The first-order valence-corrected chi connectivity index (χ1v) is 15.0. The van der Waals surface area contributed by atoms with Crippen molar-refractivity contribution >= 4 is 62.9 Å². The number of benzene rings is 4. The molecule has 0 radical (unpaired) electrons. The van der Waals surface area contributed by atoms with Gasteiger partial charge in [0.25, 0.3) is 11.8 Å². The Morgan fingerprint density at radius 1 is 0.930 bits per heavy atom. The van der Waals surface area contributed by atoms with Crippen LogP contribution in [0.4, 0.5) is 15.8 Å². The molecule has 220 valence electrons. The normalized spacial score (nSPS) is 11.8. The number of ether oxygens (including phenoxy) is 1. The summed E-state index contributed by atoms with van der Waals surface area (Å²) in [5.74, 6) is -1.11. The summed E-state index contributed by atoms with van der Waals surface area (Å²) in [6, 6.07) is 27.1. The number of amides is 3. The maximum absolute atomic E-state index is 14.1. The number of anilines is 2. The summed E-state index contributed by atoms with van der Waals surface area (Å²) >= 11 is 4.49. The number of thioether (sulfide) groups is 1. The van der Waals surface area contributed by atoms with Gasteiger partial charge in [0.15, 0.2) is 0 Å². The fraction of sp³-hybridized carbons (Fsp3) is 0.121. The number of rotatable bonds is 11. The average Bonchev–Trinajstić information content (AvgIpc) is 3.00. The molecule has 3 amide bonds. The zero-order chi connectivity index (χ0) is 30.8. The molecule has 10 heteroatoms. The monoisotopic (exact) mass is 661 g/mol. The van der Waals surface area contributed by atoms with E-state index in [4.69, 9.17) is 4.74 Å². The molecule has 1 atom stereocenters. The summed E-state index contributed by atoms with van der Waals surface area (Å²) in [6.07, 6.45) is 1.59. The highest BCUT2D eigenvalue weighted by Gasteiger charge is 2.18. The number of halogens is 2. The van der Waals surface area contributed by atoms with Crippen molar-refractivity contribution in [2.45, 2.75) is 24.0 Å². The number of carbonyl (C=O) groups excluding carboxylic acids is 3. The molecule has 0 heterocycles. The highest BCUT2D eigenvalue weighted by molar-refractivity contribution is 9.10. The Labute approximate surface area is 262 Å². The Morgan fingerprint density at radius 2 is 1.63 bits per heavy atom. The van der Waals surface area contributed by atoms with Gasteiger partial charge in [-0.25, -0.2) is 4.39 Å². The topological polar surface area (TPSA) is 96.5 Å². The van der Waals surface area contributed by atoms with Gasteiger partial charge < -0.3 is 20.7 Å². The van der Waals surface area contributed by atoms with Crippen molar-refractivity contribution in [1.82, 2.24) is 5.32 Å². The molecular weight excluding hydrogens is 633 g/mol. The van der Waals surface area contributed by atoms with Crippen LogP contribution in [-0.2, 0) is 9.59 Å². The molecule has 4 aromatic carbocycles. The van der Waals surface area contributed by atoms with Gasteiger partial charge >= 0.3 is 0 Å². The predicted octanol–water partition coefficient (Wildman–Crippen LogP) is 7.52. The van der Waals surface area contributed by atoms with Gasteiger partial charge in [-0.05, 0) is 92.2 Å². The molecule has 1 unspecified atom stereocenters. The molecule has 0 aliphatic rings. The van der Waals surface area contributed by atoms with Crippen LogP contribution in [0.3, 0.4) is 0 Å². The van der Waals surface area contributed by atoms with Crippen molar-refractivity contribution in [2.75, 3.05) is 17.2 Å². The molecule has 0 aliphatic heterocycles. The Hall–Kier alpha value is -4.41. The van der Waals surface area contributed by atoms with Crippen molar-refractivity contribution in [2.24, 2.45) is 0 Å². The number of hydrogen-bond donors (Lipinski definition) is 3. The van der Waals surface area contributed by atoms with E-state index in [1.54, 1.807) is 97.9 Å². The molecule has 4 rings (SSSR count). The van der Waals surface area contributed by atoms with Crippen LogP contribution in [0, 0.1) is 5.82 Å². The van der Waals surface area contributed by atoms with Crippen LogP contribution in [0.1, 0.15) is 29.8 Å². The van der Waals surface area contributed by atoms with E-state index in [-0.39, 0.29) is 17.3 Å². The van der Waals surface area contributed by atoms with Gasteiger partial charge in [0, 0.05) is 20.6 Å². The molecule has 0 saturated carbocycles. The van der Waals surface area contributed by atoms with Crippen LogP contribution in [-0.4, -0.2) is 29.6 Å². The third kappa shape index (κ3) is 9.29. The minimum atomic E-state index is -0.532. The number of carbonyl (C=O) groups is 3. The van der Waals surface area contributed by atoms with Gasteiger partial charge in [0.2, 0.25) is 5.91 Å². The molecule has 43 heavy (non-hydrogen) atoms. The minimum absolute atomic E-state index is 0.0573. The summed E-state index contributed by atoms with van der Waals surface area (Å²) in [6.45, 7) is 4.15. The van der Waals surface area contributed by atoms with E-state index in [0.717, 1.165) is 4.90 Å². The zero-order valence-corrected chi connectivity index (χ0v) is 25.8. The fourth-order valence-corrected chi connectivity index (χ4v) is 5.03. The molecule has 0 aliphatic carbocycles. The lowest BCUT2D eigenvalue weighted by atomic mass is 10.1. The Balaban J connectivity index is 1.43. The van der Waals surface area contributed by atoms with Gasteiger partial charge in [0.1, 0.15) is 17.3 Å². The first-order valence-electron chi connectivity index (χ1n) is 13.4. The summed E-state index contributed by atoms with van der Waals surface area (Å²) in [5, 5.41) is 7.63. The molecule has 7 nitrogen and oxygen atoms in total. The third-order valence-electron chi connectivity index (χ3n) is 6.01. The second kappa shape index (κ2) is 15.2. The molecule has 0 saturated heterocycles. The first kappa shape index (κ1) is 31.5. The van der Waals surface area contributed by atoms with E-state index in [1.807, 2.05) is 6.92 Å². The van der Waals surface area contributed by atoms with Crippen LogP contribution in [0.5, 0.6) is 5.75 Å². The van der Waals surface area contributed by atoms with E-state index in [0.29, 0.717) is 33.6 Å². The molecule has 0 spiro atoms. The summed E-state index contributed by atoms with van der Waals surface area (Å²) in [7, 11) is 0. The smallest absolute Gasteiger partial charge is 0.272 e. The highest BCUT2D eigenvalue weighted by Crippen LogP contribution is 2.27. The van der Waals surface area contributed by atoms with E-state index < -0.39 is 22.9 Å². The third-order valence-corrected chi connectivity index (χ3v) is 7.62. The highest BCUT2D eigenvalue weighted by atomic mass is 79.9. The largest absolute Gasteiger partial charge is 0.494 e. The van der Waals surface area contributed by atoms with Crippen LogP contribution in [0.15, 0.2) is 112 Å². The van der Waals surface area contributed by atoms with Gasteiger partial charge in [-0.1, -0.05) is 46.3 Å². The number of nitrogens with one attached hydrogen (secondary N) is 3.